The van der Waals surface area contributed by atoms with Gasteiger partial charge in [-0.15, -0.1) is 6.42 Å². The van der Waals surface area contributed by atoms with E-state index in [1.54, 1.807) is 0 Å². The molecule has 0 saturated carbocycles. The molecule has 0 bridgehead atoms. The van der Waals surface area contributed by atoms with Crippen molar-refractivity contribution in [2.75, 3.05) is 23.3 Å². The lowest BCUT2D eigenvalue weighted by atomic mass is 9.80. The van der Waals surface area contributed by atoms with Crippen molar-refractivity contribution in [2.45, 2.75) is 79.1 Å². The third-order valence-corrected chi connectivity index (χ3v) is 9.59. The quantitative estimate of drug-likeness (QED) is 0.149. The van der Waals surface area contributed by atoms with Gasteiger partial charge in [0.05, 0.1) is 5.41 Å². The Morgan fingerprint density at radius 1 is 0.935 bits per heavy atom. The number of anilines is 2. The molecule has 2 aliphatic rings. The molecule has 3 aromatic carbocycles. The summed E-state index contributed by atoms with van der Waals surface area (Å²) in [5, 5.41) is 3.04. The fraction of sp³-hybridized carbons (Fsp3) is 0.333. The summed E-state index contributed by atoms with van der Waals surface area (Å²) in [6.07, 6.45) is 15.5. The molecule has 5 rings (SSSR count). The number of hydrogen-bond donors (Lipinski definition) is 1. The van der Waals surface area contributed by atoms with Crippen molar-refractivity contribution >= 4 is 28.7 Å². The van der Waals surface area contributed by atoms with E-state index in [-0.39, 0.29) is 16.7 Å². The summed E-state index contributed by atoms with van der Waals surface area (Å²) in [6.45, 7) is 19.7. The number of fused-ring (bicyclic) bond motifs is 2. The summed E-state index contributed by atoms with van der Waals surface area (Å²) in [5.41, 5.74) is 12.6. The van der Waals surface area contributed by atoms with Gasteiger partial charge in [0.2, 0.25) is 11.6 Å². The molecule has 0 spiro atoms. The zero-order chi connectivity index (χ0) is 33.2. The van der Waals surface area contributed by atoms with Gasteiger partial charge >= 0.3 is 0 Å². The number of benzene rings is 3. The molecular formula is C42H48N3O+. The maximum absolute atomic E-state index is 13.2. The highest BCUT2D eigenvalue weighted by Crippen LogP contribution is 2.48. The molecule has 236 valence electrons. The zero-order valence-electron chi connectivity index (χ0n) is 28.8. The minimum Gasteiger partial charge on any atom is -0.344 e. The maximum Gasteiger partial charge on any atom is 0.224 e. The van der Waals surface area contributed by atoms with Crippen LogP contribution in [0.1, 0.15) is 82.2 Å². The van der Waals surface area contributed by atoms with Crippen LogP contribution in [-0.2, 0) is 15.6 Å². The lowest BCUT2D eigenvalue weighted by Gasteiger charge is -2.26. The number of nitrogens with one attached hydrogen (secondary N) is 1. The van der Waals surface area contributed by atoms with Crippen molar-refractivity contribution in [2.24, 2.45) is 0 Å². The summed E-state index contributed by atoms with van der Waals surface area (Å²) in [4.78, 5) is 15.6. The van der Waals surface area contributed by atoms with Crippen molar-refractivity contribution in [3.05, 3.63) is 124 Å². The predicted molar refractivity (Wildman–Crippen MR) is 194 cm³/mol. The van der Waals surface area contributed by atoms with E-state index >= 15 is 0 Å². The molecule has 1 amide bonds. The molecule has 0 saturated heterocycles. The molecular weight excluding hydrogens is 562 g/mol. The average molecular weight is 611 g/mol. The van der Waals surface area contributed by atoms with E-state index < -0.39 is 0 Å². The van der Waals surface area contributed by atoms with Gasteiger partial charge < -0.3 is 10.2 Å². The number of terminal acetylenes is 1. The van der Waals surface area contributed by atoms with Gasteiger partial charge in [-0.05, 0) is 95.5 Å². The molecule has 46 heavy (non-hydrogen) atoms. The third-order valence-electron chi connectivity index (χ3n) is 9.59. The minimum absolute atomic E-state index is 0.0349. The van der Waals surface area contributed by atoms with Gasteiger partial charge in [-0.1, -0.05) is 67.3 Å². The lowest BCUT2D eigenvalue weighted by Crippen LogP contribution is -2.27. The molecule has 0 aromatic heterocycles. The van der Waals surface area contributed by atoms with Gasteiger partial charge in [0.15, 0.2) is 5.71 Å². The van der Waals surface area contributed by atoms with E-state index in [1.165, 1.54) is 45.0 Å². The van der Waals surface area contributed by atoms with E-state index in [0.29, 0.717) is 12.8 Å². The van der Waals surface area contributed by atoms with Crippen LogP contribution >= 0.6 is 0 Å². The van der Waals surface area contributed by atoms with Gasteiger partial charge in [-0.2, -0.15) is 4.58 Å². The first-order valence-electron chi connectivity index (χ1n) is 16.5. The summed E-state index contributed by atoms with van der Waals surface area (Å²) in [6, 6.07) is 21.0. The second-order valence-corrected chi connectivity index (χ2v) is 13.6. The van der Waals surface area contributed by atoms with Crippen LogP contribution in [-0.4, -0.2) is 29.3 Å². The Morgan fingerprint density at radius 3 is 2.35 bits per heavy atom. The van der Waals surface area contributed by atoms with Crippen LogP contribution in [0.25, 0.3) is 0 Å². The van der Waals surface area contributed by atoms with Gasteiger partial charge in [0.1, 0.15) is 6.54 Å². The fourth-order valence-electron chi connectivity index (χ4n) is 7.02. The van der Waals surface area contributed by atoms with Crippen molar-refractivity contribution in [3.63, 3.8) is 0 Å². The first-order valence-corrected chi connectivity index (χ1v) is 16.5. The summed E-state index contributed by atoms with van der Waals surface area (Å²) in [7, 11) is 0. The smallest absolute Gasteiger partial charge is 0.224 e. The van der Waals surface area contributed by atoms with Crippen LogP contribution in [0.2, 0.25) is 0 Å². The number of nitrogens with zero attached hydrogens (tertiary/aromatic N) is 2. The second kappa shape index (κ2) is 13.0. The highest BCUT2D eigenvalue weighted by atomic mass is 16.1. The Morgan fingerprint density at radius 2 is 1.65 bits per heavy atom. The largest absolute Gasteiger partial charge is 0.344 e. The van der Waals surface area contributed by atoms with Gasteiger partial charge in [0.25, 0.3) is 0 Å². The third kappa shape index (κ3) is 6.24. The molecule has 0 radical (unpaired) electrons. The predicted octanol–water partition coefficient (Wildman–Crippen LogP) is 9.28. The van der Waals surface area contributed by atoms with Crippen LogP contribution in [0.5, 0.6) is 0 Å². The highest BCUT2D eigenvalue weighted by molar-refractivity contribution is 6.03. The number of rotatable bonds is 9. The summed E-state index contributed by atoms with van der Waals surface area (Å²) in [5.74, 6) is 2.61. The van der Waals surface area contributed by atoms with Crippen LogP contribution < -0.4 is 10.2 Å². The van der Waals surface area contributed by atoms with Crippen molar-refractivity contribution in [1.82, 2.24) is 0 Å². The van der Waals surface area contributed by atoms with Crippen LogP contribution in [0, 0.1) is 26.2 Å². The second-order valence-electron chi connectivity index (χ2n) is 13.6. The van der Waals surface area contributed by atoms with Gasteiger partial charge in [-0.3, -0.25) is 4.79 Å². The van der Waals surface area contributed by atoms with E-state index in [2.05, 4.69) is 137 Å². The van der Waals surface area contributed by atoms with E-state index in [0.717, 1.165) is 29.9 Å². The monoisotopic (exact) mass is 610 g/mol. The zero-order valence-corrected chi connectivity index (χ0v) is 28.8. The normalized spacial score (nSPS) is 17.4. The molecule has 0 aliphatic carbocycles. The number of carbonyl (C=O) groups excluding carboxylic acids is 1. The Kier molecular flexibility index (Phi) is 9.27. The van der Waals surface area contributed by atoms with E-state index in [9.17, 15) is 4.79 Å². The molecule has 0 unspecified atom stereocenters. The van der Waals surface area contributed by atoms with Crippen LogP contribution in [0.3, 0.4) is 0 Å². The molecule has 3 aromatic rings. The van der Waals surface area contributed by atoms with Gasteiger partial charge in [-0.25, -0.2) is 0 Å². The molecule has 0 atom stereocenters. The summed E-state index contributed by atoms with van der Waals surface area (Å²) < 4.78 is 2.42. The number of hydrogen-bond acceptors (Lipinski definition) is 2. The lowest BCUT2D eigenvalue weighted by molar-refractivity contribution is -0.433. The number of carbonyl (C=O) groups is 1. The molecule has 4 nitrogen and oxygen atoms in total. The molecule has 1 N–H and O–H groups in total. The van der Waals surface area contributed by atoms with Crippen LogP contribution in [0.15, 0.2) is 96.2 Å². The molecule has 0 fully saturated rings. The Balaban J connectivity index is 1.50. The fourth-order valence-corrected chi connectivity index (χ4v) is 7.02. The number of likely N-dealkylation sites (N-methyl/N-ethyl adjacent to an activating group) is 1. The standard InChI is InChI=1S/C42H47N3O/c1-10-31-14-13-15-33(28-31)43-40(46)25-20-32(18-23-38-41(6,7)34-26-29(4)16-21-36(34)44(38)11-2)19-24-39-42(8,9)35-27-30(5)17-22-37(35)45(39)12-3/h1,13-19,21-24,26-28H,11-12,20,25H2,2-9H3/p+1. The molecule has 2 aliphatic heterocycles. The van der Waals surface area contributed by atoms with E-state index in [4.69, 9.17) is 6.42 Å². The molecule has 2 heterocycles. The van der Waals surface area contributed by atoms with Crippen LogP contribution in [0.4, 0.5) is 17.1 Å². The first-order chi connectivity index (χ1) is 21.9. The maximum atomic E-state index is 13.2. The van der Waals surface area contributed by atoms with Crippen molar-refractivity contribution in [3.8, 4) is 12.3 Å². The SMILES string of the molecule is C#Cc1cccc(NC(=O)CCC(/C=C/C2=[N+](CC)c3ccc(C)cc3C2(C)C)=C\C=C2\N(CC)c3ccc(C)cc3C2(C)C)c1. The van der Waals surface area contributed by atoms with E-state index in [1.807, 2.05) is 24.3 Å². The highest BCUT2D eigenvalue weighted by Gasteiger charge is 2.44. The summed E-state index contributed by atoms with van der Waals surface area (Å²) >= 11 is 0. The van der Waals surface area contributed by atoms with Crippen molar-refractivity contribution in [1.29, 1.82) is 0 Å². The number of amides is 1. The minimum atomic E-state index is -0.136. The first kappa shape index (κ1) is 32.8. The van der Waals surface area contributed by atoms with Crippen molar-refractivity contribution < 1.29 is 9.37 Å². The Labute approximate surface area is 276 Å². The molecule has 4 heteroatoms. The Bertz CT molecular complexity index is 1840. The number of aryl methyl sites for hydroxylation is 2. The number of allylic oxidation sites excluding steroid dienone is 6. The Hall–Kier alpha value is -4.62. The average Bonchev–Trinajstić information content (AvgIpc) is 3.37. The topological polar surface area (TPSA) is 35.4 Å². The van der Waals surface area contributed by atoms with Gasteiger partial charge in [0, 0.05) is 58.7 Å².